The van der Waals surface area contributed by atoms with Crippen molar-refractivity contribution in [3.8, 4) is 0 Å². The van der Waals surface area contributed by atoms with Crippen LogP contribution in [0.3, 0.4) is 0 Å². The fraction of sp³-hybridized carbons (Fsp3) is 0.389. The molecule has 2 heterocycles. The van der Waals surface area contributed by atoms with E-state index in [0.29, 0.717) is 12.2 Å². The van der Waals surface area contributed by atoms with Crippen LogP contribution in [-0.4, -0.2) is 32.6 Å². The average molecular weight is 340 g/mol. The molecule has 1 aliphatic carbocycles. The van der Waals surface area contributed by atoms with Crippen LogP contribution in [0.2, 0.25) is 0 Å². The Balaban J connectivity index is 1.58. The minimum atomic E-state index is -0.0556. The summed E-state index contributed by atoms with van der Waals surface area (Å²) in [5.41, 5.74) is 2.72. The molecule has 1 amide bonds. The van der Waals surface area contributed by atoms with E-state index in [1.807, 2.05) is 38.4 Å². The summed E-state index contributed by atoms with van der Waals surface area (Å²) < 4.78 is 1.76. The highest BCUT2D eigenvalue weighted by atomic mass is 32.1. The van der Waals surface area contributed by atoms with Gasteiger partial charge in [-0.1, -0.05) is 18.2 Å². The molecule has 0 saturated carbocycles. The minimum absolute atomic E-state index is 0.0556. The summed E-state index contributed by atoms with van der Waals surface area (Å²) in [5, 5.41) is 6.35. The van der Waals surface area contributed by atoms with E-state index in [1.165, 1.54) is 23.4 Å². The highest BCUT2D eigenvalue weighted by Crippen LogP contribution is 2.27. The van der Waals surface area contributed by atoms with E-state index in [4.69, 9.17) is 4.98 Å². The molecule has 0 bridgehead atoms. The van der Waals surface area contributed by atoms with Gasteiger partial charge >= 0.3 is 0 Å². The van der Waals surface area contributed by atoms with Crippen molar-refractivity contribution in [2.45, 2.75) is 32.2 Å². The number of nitrogens with zero attached hydrogens (tertiary/aromatic N) is 4. The first-order valence-electron chi connectivity index (χ1n) is 8.28. The summed E-state index contributed by atoms with van der Waals surface area (Å²) in [6.07, 6.45) is 4.69. The smallest absolute Gasteiger partial charge is 0.275 e. The normalized spacial score (nSPS) is 13.9. The second kappa shape index (κ2) is 6.02. The predicted molar refractivity (Wildman–Crippen MR) is 95.3 cm³/mol. The molecule has 2 aromatic heterocycles. The number of amides is 1. The van der Waals surface area contributed by atoms with Crippen LogP contribution in [0, 0.1) is 0 Å². The molecule has 0 N–H and O–H groups in total. The van der Waals surface area contributed by atoms with E-state index in [-0.39, 0.29) is 5.91 Å². The van der Waals surface area contributed by atoms with E-state index in [1.54, 1.807) is 20.9 Å². The average Bonchev–Trinajstić information content (AvgIpc) is 3.15. The highest BCUT2D eigenvalue weighted by molar-refractivity contribution is 7.11. The van der Waals surface area contributed by atoms with Gasteiger partial charge in [-0.15, -0.1) is 11.3 Å². The van der Waals surface area contributed by atoms with Gasteiger partial charge in [-0.3, -0.25) is 9.48 Å². The van der Waals surface area contributed by atoms with Crippen LogP contribution in [0.4, 0.5) is 0 Å². The number of para-hydroxylation sites is 1. The first kappa shape index (κ1) is 15.3. The molecule has 0 aliphatic heterocycles. The number of carbonyl (C=O) groups excluding carboxylic acids is 1. The Morgan fingerprint density at radius 3 is 2.92 bits per heavy atom. The molecule has 0 fully saturated rings. The quantitative estimate of drug-likeness (QED) is 0.736. The lowest BCUT2D eigenvalue weighted by Crippen LogP contribution is -2.26. The van der Waals surface area contributed by atoms with Gasteiger partial charge in [0.25, 0.3) is 5.91 Å². The Morgan fingerprint density at radius 2 is 2.08 bits per heavy atom. The molecule has 3 aromatic rings. The van der Waals surface area contributed by atoms with E-state index < -0.39 is 0 Å². The Labute approximate surface area is 144 Å². The number of benzene rings is 1. The van der Waals surface area contributed by atoms with Gasteiger partial charge in [0, 0.05) is 24.4 Å². The molecule has 1 aliphatic rings. The van der Waals surface area contributed by atoms with Crippen molar-refractivity contribution in [2.75, 3.05) is 7.05 Å². The number of aromatic nitrogens is 3. The molecule has 5 nitrogen and oxygen atoms in total. The van der Waals surface area contributed by atoms with Crippen LogP contribution < -0.4 is 0 Å². The van der Waals surface area contributed by atoms with Crippen LogP contribution in [0.25, 0.3) is 10.9 Å². The third kappa shape index (κ3) is 2.60. The van der Waals surface area contributed by atoms with E-state index in [9.17, 15) is 4.79 Å². The summed E-state index contributed by atoms with van der Waals surface area (Å²) in [7, 11) is 3.69. The predicted octanol–water partition coefficient (Wildman–Crippen LogP) is 3.18. The summed E-state index contributed by atoms with van der Waals surface area (Å²) in [6.45, 7) is 0.543. The van der Waals surface area contributed by atoms with E-state index in [0.717, 1.165) is 28.8 Å². The van der Waals surface area contributed by atoms with Crippen LogP contribution in [0.5, 0.6) is 0 Å². The topological polar surface area (TPSA) is 51.0 Å². The van der Waals surface area contributed by atoms with Crippen molar-refractivity contribution in [3.63, 3.8) is 0 Å². The van der Waals surface area contributed by atoms with Gasteiger partial charge in [-0.25, -0.2) is 4.98 Å². The molecule has 0 spiro atoms. The lowest BCUT2D eigenvalue weighted by molar-refractivity contribution is 0.0780. The maximum Gasteiger partial charge on any atom is 0.275 e. The monoisotopic (exact) mass is 340 g/mol. The van der Waals surface area contributed by atoms with Gasteiger partial charge in [0.1, 0.15) is 5.01 Å². The molecule has 0 saturated heterocycles. The summed E-state index contributed by atoms with van der Waals surface area (Å²) >= 11 is 1.75. The molecular weight excluding hydrogens is 320 g/mol. The standard InChI is InChI=1S/C18H20N4OS/c1-21(11-16-19-13-8-4-6-10-15(13)24-16)18(23)17-12-7-3-5-9-14(12)22(2)20-17/h3,5,7,9H,4,6,8,10-11H2,1-2H3. The van der Waals surface area contributed by atoms with Gasteiger partial charge in [-0.05, 0) is 31.7 Å². The van der Waals surface area contributed by atoms with E-state index >= 15 is 0 Å². The summed E-state index contributed by atoms with van der Waals surface area (Å²) in [4.78, 5) is 20.7. The van der Waals surface area contributed by atoms with Crippen molar-refractivity contribution in [3.05, 3.63) is 45.5 Å². The zero-order chi connectivity index (χ0) is 16.7. The van der Waals surface area contributed by atoms with Crippen molar-refractivity contribution in [1.29, 1.82) is 0 Å². The maximum absolute atomic E-state index is 12.8. The molecule has 6 heteroatoms. The van der Waals surface area contributed by atoms with Gasteiger partial charge in [0.15, 0.2) is 5.69 Å². The molecule has 0 atom stereocenters. The lowest BCUT2D eigenvalue weighted by atomic mass is 10.0. The van der Waals surface area contributed by atoms with Gasteiger partial charge < -0.3 is 4.90 Å². The molecule has 4 rings (SSSR count). The van der Waals surface area contributed by atoms with Crippen LogP contribution >= 0.6 is 11.3 Å². The largest absolute Gasteiger partial charge is 0.334 e. The minimum Gasteiger partial charge on any atom is -0.334 e. The van der Waals surface area contributed by atoms with Crippen molar-refractivity contribution >= 4 is 28.1 Å². The third-order valence-corrected chi connectivity index (χ3v) is 5.71. The summed E-state index contributed by atoms with van der Waals surface area (Å²) in [6, 6.07) is 7.83. The maximum atomic E-state index is 12.8. The number of hydrogen-bond acceptors (Lipinski definition) is 4. The van der Waals surface area contributed by atoms with Crippen LogP contribution in [0.1, 0.15) is 38.9 Å². The SMILES string of the molecule is CN(Cc1nc2c(s1)CCCC2)C(=O)c1nn(C)c2ccccc12. The zero-order valence-electron chi connectivity index (χ0n) is 14.0. The molecular formula is C18H20N4OS. The second-order valence-electron chi connectivity index (χ2n) is 6.34. The van der Waals surface area contributed by atoms with Crippen LogP contribution in [0.15, 0.2) is 24.3 Å². The van der Waals surface area contributed by atoms with Gasteiger partial charge in [0.05, 0.1) is 17.8 Å². The second-order valence-corrected chi connectivity index (χ2v) is 7.50. The Morgan fingerprint density at radius 1 is 1.29 bits per heavy atom. The molecule has 0 unspecified atom stereocenters. The number of aryl methyl sites for hydroxylation is 3. The molecule has 0 radical (unpaired) electrons. The summed E-state index contributed by atoms with van der Waals surface area (Å²) in [5.74, 6) is -0.0556. The van der Waals surface area contributed by atoms with Gasteiger partial charge in [0.2, 0.25) is 0 Å². The van der Waals surface area contributed by atoms with Gasteiger partial charge in [-0.2, -0.15) is 5.10 Å². The number of fused-ring (bicyclic) bond motifs is 2. The number of rotatable bonds is 3. The fourth-order valence-electron chi connectivity index (χ4n) is 3.30. The molecule has 124 valence electrons. The number of thiazole rings is 1. The Bertz CT molecular complexity index is 888. The van der Waals surface area contributed by atoms with Crippen molar-refractivity contribution < 1.29 is 4.79 Å². The molecule has 1 aromatic carbocycles. The van der Waals surface area contributed by atoms with E-state index in [2.05, 4.69) is 5.10 Å². The lowest BCUT2D eigenvalue weighted by Gasteiger charge is -2.14. The van der Waals surface area contributed by atoms with Crippen LogP contribution in [-0.2, 0) is 26.4 Å². The third-order valence-electron chi connectivity index (χ3n) is 4.57. The van der Waals surface area contributed by atoms with Crippen molar-refractivity contribution in [2.24, 2.45) is 7.05 Å². The molecule has 24 heavy (non-hydrogen) atoms. The fourth-order valence-corrected chi connectivity index (χ4v) is 4.51. The number of hydrogen-bond donors (Lipinski definition) is 0. The zero-order valence-corrected chi connectivity index (χ0v) is 14.8. The number of carbonyl (C=O) groups is 1. The Hall–Kier alpha value is -2.21. The first-order valence-corrected chi connectivity index (χ1v) is 9.10. The first-order chi connectivity index (χ1) is 11.6. The highest BCUT2D eigenvalue weighted by Gasteiger charge is 2.22. The van der Waals surface area contributed by atoms with Crippen molar-refractivity contribution in [1.82, 2.24) is 19.7 Å². The Kier molecular flexibility index (Phi) is 3.84.